The average Bonchev–Trinajstić information content (AvgIpc) is 2.55. The molecule has 2 aromatic rings. The molecule has 2 rings (SSSR count). The summed E-state index contributed by atoms with van der Waals surface area (Å²) < 4.78 is 0. The SMILES string of the molecule is CC(=O)N(CCc1ccccc1)N=NCSc1ccccc1. The second-order valence-corrected chi connectivity index (χ2v) is 5.71. The number of carbonyl (C=O) groups excluding carboxylic acids is 1. The highest BCUT2D eigenvalue weighted by Crippen LogP contribution is 2.17. The van der Waals surface area contributed by atoms with Crippen molar-refractivity contribution in [3.8, 4) is 0 Å². The molecule has 0 atom stereocenters. The average molecular weight is 313 g/mol. The van der Waals surface area contributed by atoms with Crippen molar-refractivity contribution in [2.45, 2.75) is 18.2 Å². The summed E-state index contributed by atoms with van der Waals surface area (Å²) in [6, 6.07) is 20.1. The summed E-state index contributed by atoms with van der Waals surface area (Å²) in [4.78, 5) is 12.7. The van der Waals surface area contributed by atoms with Gasteiger partial charge >= 0.3 is 0 Å². The maximum absolute atomic E-state index is 11.6. The van der Waals surface area contributed by atoms with Crippen molar-refractivity contribution in [2.24, 2.45) is 10.3 Å². The van der Waals surface area contributed by atoms with Gasteiger partial charge in [0.15, 0.2) is 0 Å². The second-order valence-electron chi connectivity index (χ2n) is 4.70. The molecule has 2 aromatic carbocycles. The van der Waals surface area contributed by atoms with Crippen LogP contribution in [0.4, 0.5) is 0 Å². The molecule has 0 aliphatic rings. The molecule has 22 heavy (non-hydrogen) atoms. The minimum atomic E-state index is -0.0932. The van der Waals surface area contributed by atoms with Crippen LogP contribution in [0.3, 0.4) is 0 Å². The van der Waals surface area contributed by atoms with Gasteiger partial charge in [0.05, 0.1) is 6.54 Å². The molecule has 0 fully saturated rings. The van der Waals surface area contributed by atoms with E-state index in [0.29, 0.717) is 12.4 Å². The lowest BCUT2D eigenvalue weighted by Gasteiger charge is -2.13. The summed E-state index contributed by atoms with van der Waals surface area (Å²) in [7, 11) is 0. The number of benzene rings is 2. The quantitative estimate of drug-likeness (QED) is 0.437. The predicted molar refractivity (Wildman–Crippen MR) is 89.6 cm³/mol. The van der Waals surface area contributed by atoms with Crippen molar-refractivity contribution in [1.29, 1.82) is 0 Å². The number of carbonyl (C=O) groups is 1. The zero-order chi connectivity index (χ0) is 15.6. The first-order valence-electron chi connectivity index (χ1n) is 7.13. The first-order valence-corrected chi connectivity index (χ1v) is 8.11. The molecule has 0 spiro atoms. The molecule has 0 heterocycles. The highest BCUT2D eigenvalue weighted by molar-refractivity contribution is 7.99. The molecule has 0 aromatic heterocycles. The molecule has 4 nitrogen and oxygen atoms in total. The van der Waals surface area contributed by atoms with Crippen LogP contribution in [0.1, 0.15) is 12.5 Å². The Balaban J connectivity index is 1.81. The van der Waals surface area contributed by atoms with Crippen LogP contribution in [-0.2, 0) is 11.2 Å². The third kappa shape index (κ3) is 5.69. The monoisotopic (exact) mass is 313 g/mol. The van der Waals surface area contributed by atoms with Gasteiger partial charge in [-0.15, -0.1) is 11.8 Å². The molecule has 0 aliphatic carbocycles. The maximum atomic E-state index is 11.6. The Morgan fingerprint density at radius 1 is 1.05 bits per heavy atom. The first-order chi connectivity index (χ1) is 10.8. The number of amides is 1. The topological polar surface area (TPSA) is 45.0 Å². The van der Waals surface area contributed by atoms with Gasteiger partial charge in [0, 0.05) is 11.8 Å². The number of hydrogen-bond acceptors (Lipinski definition) is 4. The van der Waals surface area contributed by atoms with E-state index in [1.165, 1.54) is 17.5 Å². The summed E-state index contributed by atoms with van der Waals surface area (Å²) in [5, 5.41) is 9.55. The fraction of sp³-hybridized carbons (Fsp3) is 0.235. The number of hydrogen-bond donors (Lipinski definition) is 0. The largest absolute Gasteiger partial charge is 0.273 e. The van der Waals surface area contributed by atoms with Crippen LogP contribution < -0.4 is 0 Å². The molecule has 0 saturated heterocycles. The van der Waals surface area contributed by atoms with Gasteiger partial charge in [0.25, 0.3) is 0 Å². The van der Waals surface area contributed by atoms with E-state index in [9.17, 15) is 4.79 Å². The first kappa shape index (κ1) is 16.2. The molecule has 1 amide bonds. The van der Waals surface area contributed by atoms with Gasteiger partial charge in [0.2, 0.25) is 5.91 Å². The molecule has 0 unspecified atom stereocenters. The van der Waals surface area contributed by atoms with E-state index in [1.54, 1.807) is 11.8 Å². The normalized spacial score (nSPS) is 10.8. The van der Waals surface area contributed by atoms with Gasteiger partial charge in [-0.3, -0.25) is 4.79 Å². The lowest BCUT2D eigenvalue weighted by Crippen LogP contribution is -2.25. The number of nitrogens with zero attached hydrogens (tertiary/aromatic N) is 3. The fourth-order valence-electron chi connectivity index (χ4n) is 1.87. The van der Waals surface area contributed by atoms with E-state index >= 15 is 0 Å². The van der Waals surface area contributed by atoms with Gasteiger partial charge in [0.1, 0.15) is 5.88 Å². The molecule has 0 N–H and O–H groups in total. The van der Waals surface area contributed by atoms with E-state index in [4.69, 9.17) is 0 Å². The third-order valence-electron chi connectivity index (χ3n) is 3.02. The van der Waals surface area contributed by atoms with Gasteiger partial charge in [-0.1, -0.05) is 53.8 Å². The molecular weight excluding hydrogens is 294 g/mol. The van der Waals surface area contributed by atoms with Crippen molar-refractivity contribution in [2.75, 3.05) is 12.4 Å². The molecule has 5 heteroatoms. The third-order valence-corrected chi connectivity index (χ3v) is 3.87. The van der Waals surface area contributed by atoms with E-state index in [0.717, 1.165) is 11.3 Å². The molecule has 114 valence electrons. The zero-order valence-electron chi connectivity index (χ0n) is 12.6. The van der Waals surface area contributed by atoms with Crippen LogP contribution >= 0.6 is 11.8 Å². The summed E-state index contributed by atoms with van der Waals surface area (Å²) in [6.07, 6.45) is 0.769. The van der Waals surface area contributed by atoms with Crippen molar-refractivity contribution < 1.29 is 4.79 Å². The van der Waals surface area contributed by atoms with Crippen molar-refractivity contribution in [3.63, 3.8) is 0 Å². The summed E-state index contributed by atoms with van der Waals surface area (Å²) in [5.41, 5.74) is 1.18. The molecular formula is C17H19N3OS. The molecule has 0 bridgehead atoms. The van der Waals surface area contributed by atoms with E-state index in [1.807, 2.05) is 60.7 Å². The zero-order valence-corrected chi connectivity index (χ0v) is 13.4. The van der Waals surface area contributed by atoms with Crippen LogP contribution in [0.2, 0.25) is 0 Å². The Hall–Kier alpha value is -2.14. The number of rotatable bonds is 7. The molecule has 0 aliphatic heterocycles. The fourth-order valence-corrected chi connectivity index (χ4v) is 2.48. The van der Waals surface area contributed by atoms with Gasteiger partial charge in [-0.25, -0.2) is 5.01 Å². The summed E-state index contributed by atoms with van der Waals surface area (Å²) >= 11 is 1.59. The Kier molecular flexibility index (Phi) is 6.64. The Morgan fingerprint density at radius 3 is 2.32 bits per heavy atom. The van der Waals surface area contributed by atoms with Crippen LogP contribution in [0.25, 0.3) is 0 Å². The van der Waals surface area contributed by atoms with E-state index < -0.39 is 0 Å². The smallest absolute Gasteiger partial charge is 0.240 e. The summed E-state index contributed by atoms with van der Waals surface area (Å²) in [5.74, 6) is 0.406. The standard InChI is InChI=1S/C17H19N3OS/c1-15(21)20(13-12-16-8-4-2-5-9-16)19-18-14-22-17-10-6-3-7-11-17/h2-11H,12-14H2,1H3. The van der Waals surface area contributed by atoms with Gasteiger partial charge in [-0.2, -0.15) is 5.11 Å². The minimum Gasteiger partial charge on any atom is -0.273 e. The van der Waals surface area contributed by atoms with Gasteiger partial charge < -0.3 is 0 Å². The van der Waals surface area contributed by atoms with Gasteiger partial charge in [-0.05, 0) is 24.1 Å². The maximum Gasteiger partial charge on any atom is 0.240 e. The lowest BCUT2D eigenvalue weighted by molar-refractivity contribution is -0.129. The van der Waals surface area contributed by atoms with Crippen LogP contribution in [0.15, 0.2) is 75.9 Å². The van der Waals surface area contributed by atoms with Crippen LogP contribution in [-0.4, -0.2) is 23.3 Å². The minimum absolute atomic E-state index is 0.0932. The van der Waals surface area contributed by atoms with Crippen LogP contribution in [0, 0.1) is 0 Å². The lowest BCUT2D eigenvalue weighted by atomic mass is 10.1. The van der Waals surface area contributed by atoms with Crippen molar-refractivity contribution in [3.05, 3.63) is 66.2 Å². The van der Waals surface area contributed by atoms with Crippen LogP contribution in [0.5, 0.6) is 0 Å². The highest BCUT2D eigenvalue weighted by atomic mass is 32.2. The summed E-state index contributed by atoms with van der Waals surface area (Å²) in [6.45, 7) is 2.05. The molecule has 0 saturated carbocycles. The predicted octanol–water partition coefficient (Wildman–Crippen LogP) is 4.19. The van der Waals surface area contributed by atoms with E-state index in [2.05, 4.69) is 10.3 Å². The number of thioether (sulfide) groups is 1. The Morgan fingerprint density at radius 2 is 1.68 bits per heavy atom. The Labute approximate surface area is 135 Å². The Bertz CT molecular complexity index is 602. The second kappa shape index (κ2) is 9.00. The molecule has 0 radical (unpaired) electrons. The highest BCUT2D eigenvalue weighted by Gasteiger charge is 2.07. The van der Waals surface area contributed by atoms with Crippen molar-refractivity contribution in [1.82, 2.24) is 5.01 Å². The van der Waals surface area contributed by atoms with E-state index in [-0.39, 0.29) is 5.91 Å². The van der Waals surface area contributed by atoms with Crippen molar-refractivity contribution >= 4 is 17.7 Å².